The lowest BCUT2D eigenvalue weighted by atomic mass is 10.1. The number of ether oxygens (including phenoxy) is 1. The molecule has 17 heavy (non-hydrogen) atoms. The Morgan fingerprint density at radius 3 is 3.12 bits per heavy atom. The SMILES string of the molecule is COc1ccc(Br)cc1CCNC1CCNC1. The van der Waals surface area contributed by atoms with Crippen molar-refractivity contribution in [2.24, 2.45) is 0 Å². The van der Waals surface area contributed by atoms with E-state index in [0.29, 0.717) is 6.04 Å². The van der Waals surface area contributed by atoms with Crippen LogP contribution in [0.1, 0.15) is 12.0 Å². The van der Waals surface area contributed by atoms with Crippen LogP contribution in [0.15, 0.2) is 22.7 Å². The molecule has 1 aliphatic heterocycles. The summed E-state index contributed by atoms with van der Waals surface area (Å²) in [4.78, 5) is 0. The van der Waals surface area contributed by atoms with Gasteiger partial charge in [-0.05, 0) is 49.7 Å². The highest BCUT2D eigenvalue weighted by Crippen LogP contribution is 2.23. The van der Waals surface area contributed by atoms with Crippen LogP contribution in [0.4, 0.5) is 0 Å². The zero-order chi connectivity index (χ0) is 12.1. The molecule has 1 aromatic carbocycles. The predicted molar refractivity (Wildman–Crippen MR) is 73.7 cm³/mol. The van der Waals surface area contributed by atoms with E-state index in [1.807, 2.05) is 12.1 Å². The van der Waals surface area contributed by atoms with Gasteiger partial charge in [-0.1, -0.05) is 15.9 Å². The molecule has 0 aliphatic carbocycles. The first-order valence-electron chi connectivity index (χ1n) is 6.06. The summed E-state index contributed by atoms with van der Waals surface area (Å²) in [5.74, 6) is 0.972. The molecule has 2 N–H and O–H groups in total. The highest BCUT2D eigenvalue weighted by molar-refractivity contribution is 9.10. The molecular weight excluding hydrogens is 280 g/mol. The van der Waals surface area contributed by atoms with E-state index in [-0.39, 0.29) is 0 Å². The zero-order valence-corrected chi connectivity index (χ0v) is 11.7. The molecule has 0 saturated carbocycles. The van der Waals surface area contributed by atoms with Gasteiger partial charge in [0, 0.05) is 17.1 Å². The Balaban J connectivity index is 1.86. The Hall–Kier alpha value is -0.580. The van der Waals surface area contributed by atoms with Crippen LogP contribution in [0.2, 0.25) is 0 Å². The molecule has 1 saturated heterocycles. The second-order valence-corrected chi connectivity index (χ2v) is 5.27. The smallest absolute Gasteiger partial charge is 0.122 e. The maximum absolute atomic E-state index is 5.36. The maximum Gasteiger partial charge on any atom is 0.122 e. The predicted octanol–water partition coefficient (Wildman–Crippen LogP) is 1.95. The zero-order valence-electron chi connectivity index (χ0n) is 10.1. The van der Waals surface area contributed by atoms with E-state index in [2.05, 4.69) is 32.6 Å². The minimum Gasteiger partial charge on any atom is -0.496 e. The van der Waals surface area contributed by atoms with Crippen molar-refractivity contribution in [3.8, 4) is 5.75 Å². The third-order valence-corrected chi connectivity index (χ3v) is 3.62. The number of nitrogens with one attached hydrogen (secondary N) is 2. The summed E-state index contributed by atoms with van der Waals surface area (Å²) in [6.45, 7) is 3.23. The van der Waals surface area contributed by atoms with Crippen LogP contribution in [0.25, 0.3) is 0 Å². The van der Waals surface area contributed by atoms with Gasteiger partial charge in [0.2, 0.25) is 0 Å². The highest BCUT2D eigenvalue weighted by atomic mass is 79.9. The number of benzene rings is 1. The van der Waals surface area contributed by atoms with Crippen molar-refractivity contribution in [2.45, 2.75) is 18.9 Å². The maximum atomic E-state index is 5.36. The molecule has 0 spiro atoms. The summed E-state index contributed by atoms with van der Waals surface area (Å²) in [6, 6.07) is 6.79. The average Bonchev–Trinajstić information content (AvgIpc) is 2.82. The minimum atomic E-state index is 0.633. The van der Waals surface area contributed by atoms with E-state index in [1.165, 1.54) is 12.0 Å². The van der Waals surface area contributed by atoms with Crippen molar-refractivity contribution in [3.63, 3.8) is 0 Å². The van der Waals surface area contributed by atoms with Crippen molar-refractivity contribution in [2.75, 3.05) is 26.7 Å². The van der Waals surface area contributed by atoms with Gasteiger partial charge >= 0.3 is 0 Å². The summed E-state index contributed by atoms with van der Waals surface area (Å²) < 4.78 is 6.47. The van der Waals surface area contributed by atoms with E-state index in [9.17, 15) is 0 Å². The monoisotopic (exact) mass is 298 g/mol. The van der Waals surface area contributed by atoms with Crippen LogP contribution < -0.4 is 15.4 Å². The molecule has 2 rings (SSSR count). The number of halogens is 1. The van der Waals surface area contributed by atoms with Gasteiger partial charge in [-0.3, -0.25) is 0 Å². The lowest BCUT2D eigenvalue weighted by molar-refractivity contribution is 0.408. The van der Waals surface area contributed by atoms with E-state index >= 15 is 0 Å². The fraction of sp³-hybridized carbons (Fsp3) is 0.538. The molecule has 0 radical (unpaired) electrons. The highest BCUT2D eigenvalue weighted by Gasteiger charge is 2.13. The van der Waals surface area contributed by atoms with Gasteiger partial charge < -0.3 is 15.4 Å². The molecule has 1 fully saturated rings. The molecule has 1 aliphatic rings. The molecular formula is C13H19BrN2O. The molecule has 1 aromatic rings. The summed E-state index contributed by atoms with van der Waals surface area (Å²) in [5, 5.41) is 6.93. The van der Waals surface area contributed by atoms with Gasteiger partial charge in [0.05, 0.1) is 7.11 Å². The molecule has 1 unspecified atom stereocenters. The normalized spacial score (nSPS) is 19.5. The molecule has 0 aromatic heterocycles. The fourth-order valence-electron chi connectivity index (χ4n) is 2.18. The van der Waals surface area contributed by atoms with Gasteiger partial charge in [0.1, 0.15) is 5.75 Å². The topological polar surface area (TPSA) is 33.3 Å². The number of hydrogen-bond acceptors (Lipinski definition) is 3. The molecule has 1 heterocycles. The van der Waals surface area contributed by atoms with Crippen molar-refractivity contribution >= 4 is 15.9 Å². The van der Waals surface area contributed by atoms with Crippen LogP contribution in [0.5, 0.6) is 5.75 Å². The van der Waals surface area contributed by atoms with Gasteiger partial charge in [-0.2, -0.15) is 0 Å². The largest absolute Gasteiger partial charge is 0.496 e. The Labute approximate surface area is 111 Å². The Kier molecular flexibility index (Phi) is 4.83. The van der Waals surface area contributed by atoms with Gasteiger partial charge in [-0.25, -0.2) is 0 Å². The Morgan fingerprint density at radius 1 is 1.53 bits per heavy atom. The van der Waals surface area contributed by atoms with Crippen molar-refractivity contribution in [3.05, 3.63) is 28.2 Å². The molecule has 0 amide bonds. The van der Waals surface area contributed by atoms with Crippen LogP contribution in [0.3, 0.4) is 0 Å². The molecule has 1 atom stereocenters. The van der Waals surface area contributed by atoms with Crippen molar-refractivity contribution < 1.29 is 4.74 Å². The van der Waals surface area contributed by atoms with E-state index in [4.69, 9.17) is 4.74 Å². The van der Waals surface area contributed by atoms with Gasteiger partial charge in [-0.15, -0.1) is 0 Å². The molecule has 0 bridgehead atoms. The fourth-order valence-corrected chi connectivity index (χ4v) is 2.59. The molecule has 94 valence electrons. The molecule has 3 nitrogen and oxygen atoms in total. The molecule has 4 heteroatoms. The lowest BCUT2D eigenvalue weighted by Gasteiger charge is -2.13. The quantitative estimate of drug-likeness (QED) is 0.872. The minimum absolute atomic E-state index is 0.633. The van der Waals surface area contributed by atoms with Crippen LogP contribution in [0, 0.1) is 0 Å². The van der Waals surface area contributed by atoms with Gasteiger partial charge in [0.15, 0.2) is 0 Å². The van der Waals surface area contributed by atoms with Crippen molar-refractivity contribution in [1.82, 2.24) is 10.6 Å². The number of methoxy groups -OCH3 is 1. The van der Waals surface area contributed by atoms with Gasteiger partial charge in [0.25, 0.3) is 0 Å². The number of hydrogen-bond donors (Lipinski definition) is 2. The Morgan fingerprint density at radius 2 is 2.41 bits per heavy atom. The Bertz CT molecular complexity index is 364. The van der Waals surface area contributed by atoms with Crippen LogP contribution in [-0.2, 0) is 6.42 Å². The second kappa shape index (κ2) is 6.38. The lowest BCUT2D eigenvalue weighted by Crippen LogP contribution is -2.32. The van der Waals surface area contributed by atoms with E-state index < -0.39 is 0 Å². The number of rotatable bonds is 5. The summed E-state index contributed by atoms with van der Waals surface area (Å²) >= 11 is 3.50. The third-order valence-electron chi connectivity index (χ3n) is 3.13. The van der Waals surface area contributed by atoms with Crippen LogP contribution in [-0.4, -0.2) is 32.8 Å². The first-order chi connectivity index (χ1) is 8.29. The summed E-state index contributed by atoms with van der Waals surface area (Å²) in [6.07, 6.45) is 2.23. The first-order valence-corrected chi connectivity index (χ1v) is 6.85. The van der Waals surface area contributed by atoms with Crippen molar-refractivity contribution in [1.29, 1.82) is 0 Å². The van der Waals surface area contributed by atoms with E-state index in [0.717, 1.165) is 36.3 Å². The second-order valence-electron chi connectivity index (χ2n) is 4.35. The third kappa shape index (κ3) is 3.69. The summed E-state index contributed by atoms with van der Waals surface area (Å²) in [7, 11) is 1.72. The van der Waals surface area contributed by atoms with E-state index in [1.54, 1.807) is 7.11 Å². The first kappa shape index (κ1) is 12.9. The summed E-state index contributed by atoms with van der Waals surface area (Å²) in [5.41, 5.74) is 1.25. The van der Waals surface area contributed by atoms with Crippen LogP contribution >= 0.6 is 15.9 Å². The standard InChI is InChI=1S/C13H19BrN2O/c1-17-13-3-2-11(14)8-10(13)4-7-16-12-5-6-15-9-12/h2-3,8,12,15-16H,4-7,9H2,1H3. The average molecular weight is 299 g/mol.